The first-order valence-corrected chi connectivity index (χ1v) is 8.08. The predicted molar refractivity (Wildman–Crippen MR) is 98.1 cm³/mol. The number of nitrogens with zero attached hydrogens (tertiary/aromatic N) is 3. The Hall–Kier alpha value is -3.48. The Labute approximate surface area is 151 Å². The van der Waals surface area contributed by atoms with Gasteiger partial charge in [0, 0.05) is 18.3 Å². The fourth-order valence-electron chi connectivity index (χ4n) is 2.46. The lowest BCUT2D eigenvalue weighted by Gasteiger charge is -2.14. The number of rotatable bonds is 6. The van der Waals surface area contributed by atoms with Crippen molar-refractivity contribution in [3.63, 3.8) is 0 Å². The summed E-state index contributed by atoms with van der Waals surface area (Å²) in [6, 6.07) is 9.72. The fraction of sp³-hybridized carbons (Fsp3) is 0.158. The van der Waals surface area contributed by atoms with Crippen LogP contribution in [-0.4, -0.2) is 20.9 Å². The summed E-state index contributed by atoms with van der Waals surface area (Å²) in [5.74, 6) is 1.13. The maximum absolute atomic E-state index is 11.2. The molecule has 0 unspecified atom stereocenters. The second-order valence-corrected chi connectivity index (χ2v) is 5.80. The molecule has 0 aliphatic rings. The van der Waals surface area contributed by atoms with Crippen molar-refractivity contribution in [3.05, 3.63) is 71.3 Å². The maximum Gasteiger partial charge on any atom is 0.268 e. The van der Waals surface area contributed by atoms with Crippen LogP contribution in [0.1, 0.15) is 27.2 Å². The number of carbonyl (C=O) groups excluding carboxylic acids is 1. The van der Waals surface area contributed by atoms with E-state index in [9.17, 15) is 4.79 Å². The summed E-state index contributed by atoms with van der Waals surface area (Å²) in [4.78, 5) is 23.6. The molecule has 0 aliphatic heterocycles. The Bertz CT molecular complexity index is 922. The number of anilines is 1. The second-order valence-electron chi connectivity index (χ2n) is 5.80. The van der Waals surface area contributed by atoms with Gasteiger partial charge in [-0.1, -0.05) is 24.3 Å². The van der Waals surface area contributed by atoms with E-state index in [0.29, 0.717) is 18.2 Å². The number of benzene rings is 1. The molecule has 0 aliphatic carbocycles. The van der Waals surface area contributed by atoms with Crippen LogP contribution in [0.15, 0.2) is 48.9 Å². The number of hydrogen-bond acceptors (Lipinski definition) is 6. The van der Waals surface area contributed by atoms with Gasteiger partial charge in [0.1, 0.15) is 17.3 Å². The van der Waals surface area contributed by atoms with Gasteiger partial charge in [0.25, 0.3) is 5.91 Å². The highest BCUT2D eigenvalue weighted by molar-refractivity contribution is 5.90. The Morgan fingerprint density at radius 3 is 2.65 bits per heavy atom. The van der Waals surface area contributed by atoms with Crippen molar-refractivity contribution >= 4 is 11.7 Å². The van der Waals surface area contributed by atoms with Crippen LogP contribution in [0, 0.1) is 13.8 Å². The number of ether oxygens (including phenoxy) is 1. The van der Waals surface area contributed by atoms with Gasteiger partial charge in [-0.3, -0.25) is 9.78 Å². The smallest absolute Gasteiger partial charge is 0.268 e. The molecule has 3 aromatic rings. The molecule has 132 valence electrons. The first-order chi connectivity index (χ1) is 12.5. The molecule has 0 fully saturated rings. The average Bonchev–Trinajstić information content (AvgIpc) is 2.64. The number of aryl methyl sites for hydroxylation is 2. The minimum Gasteiger partial charge on any atom is -0.438 e. The fourth-order valence-corrected chi connectivity index (χ4v) is 2.46. The standard InChI is InChI=1S/C19H19N5O2/c1-12-5-3-6-13(2)17(12)26-19-14(7-4-8-22-19)9-23-16-11-21-10-15(24-16)18(20)25/h3-8,10-11H,9H2,1-2H3,(H2,20,25)(H,23,24). The van der Waals surface area contributed by atoms with E-state index in [1.54, 1.807) is 6.20 Å². The van der Waals surface area contributed by atoms with Gasteiger partial charge in [-0.15, -0.1) is 0 Å². The van der Waals surface area contributed by atoms with Crippen molar-refractivity contribution in [1.29, 1.82) is 0 Å². The van der Waals surface area contributed by atoms with Crippen molar-refractivity contribution in [2.75, 3.05) is 5.32 Å². The summed E-state index contributed by atoms with van der Waals surface area (Å²) in [5, 5.41) is 3.11. The highest BCUT2D eigenvalue weighted by atomic mass is 16.5. The number of primary amides is 1. The molecule has 26 heavy (non-hydrogen) atoms. The maximum atomic E-state index is 11.2. The molecule has 3 rings (SSSR count). The van der Waals surface area contributed by atoms with Crippen LogP contribution >= 0.6 is 0 Å². The number of aromatic nitrogens is 3. The molecular formula is C19H19N5O2. The van der Waals surface area contributed by atoms with Gasteiger partial charge in [-0.05, 0) is 31.0 Å². The van der Waals surface area contributed by atoms with Crippen LogP contribution in [-0.2, 0) is 6.54 Å². The molecule has 0 bridgehead atoms. The summed E-state index contributed by atoms with van der Waals surface area (Å²) >= 11 is 0. The quantitative estimate of drug-likeness (QED) is 0.709. The Kier molecular flexibility index (Phi) is 5.07. The number of carbonyl (C=O) groups is 1. The average molecular weight is 349 g/mol. The van der Waals surface area contributed by atoms with Gasteiger partial charge >= 0.3 is 0 Å². The Morgan fingerprint density at radius 1 is 1.15 bits per heavy atom. The predicted octanol–water partition coefficient (Wildman–Crippen LogP) is 2.99. The third-order valence-electron chi connectivity index (χ3n) is 3.80. The van der Waals surface area contributed by atoms with Crippen LogP contribution in [0.3, 0.4) is 0 Å². The van der Waals surface area contributed by atoms with Crippen LogP contribution in [0.5, 0.6) is 11.6 Å². The molecule has 0 saturated carbocycles. The minimum absolute atomic E-state index is 0.105. The van der Waals surface area contributed by atoms with Crippen molar-refractivity contribution < 1.29 is 9.53 Å². The van der Waals surface area contributed by atoms with E-state index >= 15 is 0 Å². The molecule has 2 heterocycles. The van der Waals surface area contributed by atoms with Crippen molar-refractivity contribution in [1.82, 2.24) is 15.0 Å². The minimum atomic E-state index is -0.624. The summed E-state index contributed by atoms with van der Waals surface area (Å²) in [6.45, 7) is 4.40. The monoisotopic (exact) mass is 349 g/mol. The van der Waals surface area contributed by atoms with E-state index < -0.39 is 5.91 Å². The first kappa shape index (κ1) is 17.3. The highest BCUT2D eigenvalue weighted by Crippen LogP contribution is 2.29. The molecule has 3 N–H and O–H groups in total. The largest absolute Gasteiger partial charge is 0.438 e. The highest BCUT2D eigenvalue weighted by Gasteiger charge is 2.11. The summed E-state index contributed by atoms with van der Waals surface area (Å²) in [7, 11) is 0. The summed E-state index contributed by atoms with van der Waals surface area (Å²) in [5.41, 5.74) is 8.26. The Morgan fingerprint density at radius 2 is 1.92 bits per heavy atom. The number of nitrogens with one attached hydrogen (secondary N) is 1. The molecule has 1 amide bonds. The molecule has 0 radical (unpaired) electrons. The molecule has 7 nitrogen and oxygen atoms in total. The molecule has 2 aromatic heterocycles. The normalized spacial score (nSPS) is 10.4. The zero-order chi connectivity index (χ0) is 18.5. The number of hydrogen-bond donors (Lipinski definition) is 2. The number of nitrogens with two attached hydrogens (primary N) is 1. The topological polar surface area (TPSA) is 103 Å². The zero-order valence-electron chi connectivity index (χ0n) is 14.6. The molecule has 7 heteroatoms. The third kappa shape index (κ3) is 3.94. The van der Waals surface area contributed by atoms with Crippen LogP contribution in [0.4, 0.5) is 5.82 Å². The first-order valence-electron chi connectivity index (χ1n) is 8.08. The Balaban J connectivity index is 1.80. The summed E-state index contributed by atoms with van der Waals surface area (Å²) < 4.78 is 6.06. The number of pyridine rings is 1. The lowest BCUT2D eigenvalue weighted by atomic mass is 10.1. The van der Waals surface area contributed by atoms with E-state index in [1.165, 1.54) is 12.4 Å². The van der Waals surface area contributed by atoms with Crippen LogP contribution < -0.4 is 15.8 Å². The SMILES string of the molecule is Cc1cccc(C)c1Oc1ncccc1CNc1cncc(C(N)=O)n1. The van der Waals surface area contributed by atoms with E-state index in [1.807, 2.05) is 44.2 Å². The molecule has 0 atom stereocenters. The van der Waals surface area contributed by atoms with Crippen LogP contribution in [0.25, 0.3) is 0 Å². The van der Waals surface area contributed by atoms with E-state index in [4.69, 9.17) is 10.5 Å². The van der Waals surface area contributed by atoms with E-state index in [0.717, 1.165) is 22.4 Å². The van der Waals surface area contributed by atoms with Gasteiger partial charge in [0.05, 0.1) is 12.4 Å². The van der Waals surface area contributed by atoms with Gasteiger partial charge < -0.3 is 15.8 Å². The lowest BCUT2D eigenvalue weighted by Crippen LogP contribution is -2.14. The zero-order valence-corrected chi connectivity index (χ0v) is 14.6. The van der Waals surface area contributed by atoms with E-state index in [-0.39, 0.29) is 5.69 Å². The third-order valence-corrected chi connectivity index (χ3v) is 3.80. The van der Waals surface area contributed by atoms with Crippen molar-refractivity contribution in [2.45, 2.75) is 20.4 Å². The second kappa shape index (κ2) is 7.60. The number of para-hydroxylation sites is 1. The van der Waals surface area contributed by atoms with Crippen molar-refractivity contribution in [3.8, 4) is 11.6 Å². The molecule has 1 aromatic carbocycles. The van der Waals surface area contributed by atoms with Crippen LogP contribution in [0.2, 0.25) is 0 Å². The lowest BCUT2D eigenvalue weighted by molar-refractivity contribution is 0.0995. The van der Waals surface area contributed by atoms with Gasteiger partial charge in [-0.2, -0.15) is 0 Å². The summed E-state index contributed by atoms with van der Waals surface area (Å²) in [6.07, 6.45) is 4.53. The van der Waals surface area contributed by atoms with Crippen molar-refractivity contribution in [2.24, 2.45) is 5.73 Å². The van der Waals surface area contributed by atoms with E-state index in [2.05, 4.69) is 20.3 Å². The van der Waals surface area contributed by atoms with Gasteiger partial charge in [0.2, 0.25) is 5.88 Å². The van der Waals surface area contributed by atoms with Gasteiger partial charge in [-0.25, -0.2) is 9.97 Å². The number of amides is 1. The molecule has 0 saturated heterocycles. The molecule has 0 spiro atoms. The molecular weight excluding hydrogens is 330 g/mol. The van der Waals surface area contributed by atoms with Gasteiger partial charge in [0.15, 0.2) is 0 Å².